The Morgan fingerprint density at radius 3 is 2.71 bits per heavy atom. The highest BCUT2D eigenvalue weighted by molar-refractivity contribution is 6.30. The molecule has 0 unspecified atom stereocenters. The number of imidazole rings is 1. The Bertz CT molecular complexity index is 852. The van der Waals surface area contributed by atoms with Gasteiger partial charge in [-0.05, 0) is 26.0 Å². The van der Waals surface area contributed by atoms with Crippen LogP contribution in [0.4, 0.5) is 0 Å². The summed E-state index contributed by atoms with van der Waals surface area (Å²) < 4.78 is 12.5. The van der Waals surface area contributed by atoms with E-state index < -0.39 is 0 Å². The lowest BCUT2D eigenvalue weighted by atomic mass is 10.1. The third-order valence-corrected chi connectivity index (χ3v) is 3.70. The summed E-state index contributed by atoms with van der Waals surface area (Å²) in [7, 11) is 0. The summed E-state index contributed by atoms with van der Waals surface area (Å²) in [5, 5.41) is 0.625. The molecule has 2 heterocycles. The van der Waals surface area contributed by atoms with E-state index in [1.807, 2.05) is 19.1 Å². The van der Waals surface area contributed by atoms with Crippen molar-refractivity contribution in [3.63, 3.8) is 0 Å². The van der Waals surface area contributed by atoms with Crippen LogP contribution in [0.2, 0.25) is 5.02 Å². The van der Waals surface area contributed by atoms with Gasteiger partial charge in [-0.2, -0.15) is 4.98 Å². The van der Waals surface area contributed by atoms with Gasteiger partial charge in [0, 0.05) is 23.0 Å². The molecule has 0 fully saturated rings. The average molecular weight is 346 g/mol. The van der Waals surface area contributed by atoms with Crippen LogP contribution in [0, 0.1) is 6.92 Å². The summed E-state index contributed by atoms with van der Waals surface area (Å²) in [4.78, 5) is 20.6. The van der Waals surface area contributed by atoms with Crippen LogP contribution < -0.4 is 0 Å². The van der Waals surface area contributed by atoms with Crippen molar-refractivity contribution in [3.8, 4) is 17.3 Å². The molecule has 0 aliphatic heterocycles. The summed E-state index contributed by atoms with van der Waals surface area (Å²) in [6, 6.07) is 7.55. The Labute approximate surface area is 144 Å². The van der Waals surface area contributed by atoms with Gasteiger partial charge in [-0.25, -0.2) is 4.98 Å². The van der Waals surface area contributed by atoms with Gasteiger partial charge in [0.05, 0.1) is 6.61 Å². The lowest BCUT2D eigenvalue weighted by Gasteiger charge is -2.02. The van der Waals surface area contributed by atoms with Crippen molar-refractivity contribution >= 4 is 17.6 Å². The first-order valence-electron chi connectivity index (χ1n) is 7.50. The number of carbonyl (C=O) groups is 1. The van der Waals surface area contributed by atoms with Crippen molar-refractivity contribution in [2.24, 2.45) is 0 Å². The second kappa shape index (κ2) is 6.88. The maximum Gasteiger partial charge on any atom is 0.313 e. The fourth-order valence-corrected chi connectivity index (χ4v) is 2.44. The van der Waals surface area contributed by atoms with E-state index >= 15 is 0 Å². The molecule has 0 atom stereocenters. The van der Waals surface area contributed by atoms with Crippen molar-refractivity contribution in [1.82, 2.24) is 14.5 Å². The molecule has 3 rings (SSSR count). The van der Waals surface area contributed by atoms with Crippen LogP contribution in [-0.2, 0) is 16.0 Å². The molecule has 0 spiro atoms. The molecule has 24 heavy (non-hydrogen) atoms. The van der Waals surface area contributed by atoms with E-state index in [2.05, 4.69) is 9.97 Å². The lowest BCUT2D eigenvalue weighted by Crippen LogP contribution is -2.07. The zero-order valence-electron chi connectivity index (χ0n) is 13.3. The molecule has 1 aromatic carbocycles. The Morgan fingerprint density at radius 1 is 1.33 bits per heavy atom. The zero-order valence-corrected chi connectivity index (χ0v) is 14.1. The standard InChI is InChI=1S/C17H16ClN3O3/c1-3-23-15(22)10-14-16(12-4-6-13(18)7-5-12)20-17(24-14)21-9-8-19-11(21)2/h4-9H,3,10H2,1-2H3. The minimum Gasteiger partial charge on any atom is -0.466 e. The van der Waals surface area contributed by atoms with Gasteiger partial charge in [0.25, 0.3) is 0 Å². The first-order valence-corrected chi connectivity index (χ1v) is 7.88. The third-order valence-electron chi connectivity index (χ3n) is 3.45. The maximum absolute atomic E-state index is 11.9. The van der Waals surface area contributed by atoms with E-state index in [1.54, 1.807) is 36.0 Å². The normalized spacial score (nSPS) is 10.8. The van der Waals surface area contributed by atoms with Gasteiger partial charge >= 0.3 is 12.0 Å². The van der Waals surface area contributed by atoms with Gasteiger partial charge < -0.3 is 9.15 Å². The summed E-state index contributed by atoms with van der Waals surface area (Å²) in [5.74, 6) is 0.818. The Kier molecular flexibility index (Phi) is 4.66. The van der Waals surface area contributed by atoms with Crippen molar-refractivity contribution in [3.05, 3.63) is 53.3 Å². The first-order chi connectivity index (χ1) is 11.6. The molecule has 2 aromatic heterocycles. The number of hydrogen-bond donors (Lipinski definition) is 0. The number of oxazole rings is 1. The molecule has 0 radical (unpaired) electrons. The minimum atomic E-state index is -0.363. The maximum atomic E-state index is 11.9. The van der Waals surface area contributed by atoms with Crippen LogP contribution in [0.5, 0.6) is 0 Å². The molecule has 0 saturated carbocycles. The van der Waals surface area contributed by atoms with Gasteiger partial charge in [0.15, 0.2) is 0 Å². The number of hydrogen-bond acceptors (Lipinski definition) is 5. The lowest BCUT2D eigenvalue weighted by molar-refractivity contribution is -0.142. The molecular weight excluding hydrogens is 330 g/mol. The largest absolute Gasteiger partial charge is 0.466 e. The number of nitrogens with zero attached hydrogens (tertiary/aromatic N) is 3. The van der Waals surface area contributed by atoms with E-state index in [9.17, 15) is 4.79 Å². The quantitative estimate of drug-likeness (QED) is 0.661. The van der Waals surface area contributed by atoms with Gasteiger partial charge in [-0.3, -0.25) is 9.36 Å². The van der Waals surface area contributed by atoms with Gasteiger partial charge in [0.1, 0.15) is 23.7 Å². The molecule has 0 aliphatic rings. The third kappa shape index (κ3) is 3.33. The Morgan fingerprint density at radius 2 is 2.08 bits per heavy atom. The number of rotatable bonds is 5. The second-order valence-electron chi connectivity index (χ2n) is 5.10. The molecule has 0 bridgehead atoms. The highest BCUT2D eigenvalue weighted by Gasteiger charge is 2.20. The van der Waals surface area contributed by atoms with Crippen LogP contribution in [-0.4, -0.2) is 27.1 Å². The van der Waals surface area contributed by atoms with Crippen LogP contribution in [0.1, 0.15) is 18.5 Å². The highest BCUT2D eigenvalue weighted by Crippen LogP contribution is 2.28. The van der Waals surface area contributed by atoms with Crippen molar-refractivity contribution in [1.29, 1.82) is 0 Å². The molecule has 6 nitrogen and oxygen atoms in total. The number of halogens is 1. The smallest absolute Gasteiger partial charge is 0.313 e. The van der Waals surface area contributed by atoms with E-state index in [4.69, 9.17) is 20.8 Å². The summed E-state index contributed by atoms with van der Waals surface area (Å²) in [5.41, 5.74) is 1.40. The predicted molar refractivity (Wildman–Crippen MR) is 89.1 cm³/mol. The molecule has 0 amide bonds. The second-order valence-corrected chi connectivity index (χ2v) is 5.54. The van der Waals surface area contributed by atoms with E-state index in [-0.39, 0.29) is 12.4 Å². The van der Waals surface area contributed by atoms with Crippen molar-refractivity contribution in [2.75, 3.05) is 6.61 Å². The molecule has 3 aromatic rings. The summed E-state index contributed by atoms with van der Waals surface area (Å²) in [6.45, 7) is 3.92. The molecule has 0 saturated heterocycles. The topological polar surface area (TPSA) is 70.2 Å². The Hall–Kier alpha value is -2.60. The summed E-state index contributed by atoms with van der Waals surface area (Å²) in [6.07, 6.45) is 3.42. The van der Waals surface area contributed by atoms with Gasteiger partial charge in [-0.1, -0.05) is 23.7 Å². The SMILES string of the molecule is CCOC(=O)Cc1oc(-n2ccnc2C)nc1-c1ccc(Cl)cc1. The molecule has 0 N–H and O–H groups in total. The fourth-order valence-electron chi connectivity index (χ4n) is 2.32. The number of aromatic nitrogens is 3. The number of aryl methyl sites for hydroxylation is 1. The fraction of sp³-hybridized carbons (Fsp3) is 0.235. The highest BCUT2D eigenvalue weighted by atomic mass is 35.5. The van der Waals surface area contributed by atoms with Crippen molar-refractivity contribution < 1.29 is 13.9 Å². The number of benzene rings is 1. The van der Waals surface area contributed by atoms with Crippen LogP contribution >= 0.6 is 11.6 Å². The minimum absolute atomic E-state index is 0.00649. The number of ether oxygens (including phenoxy) is 1. The predicted octanol–water partition coefficient (Wildman–Crippen LogP) is 3.59. The van der Waals surface area contributed by atoms with Gasteiger partial charge in [-0.15, -0.1) is 0 Å². The summed E-state index contributed by atoms with van der Waals surface area (Å²) >= 11 is 5.94. The van der Waals surface area contributed by atoms with E-state index in [0.29, 0.717) is 29.1 Å². The van der Waals surface area contributed by atoms with Crippen molar-refractivity contribution in [2.45, 2.75) is 20.3 Å². The molecule has 7 heteroatoms. The van der Waals surface area contributed by atoms with E-state index in [1.165, 1.54) is 0 Å². The van der Waals surface area contributed by atoms with Crippen LogP contribution in [0.3, 0.4) is 0 Å². The van der Waals surface area contributed by atoms with Crippen LogP contribution in [0.25, 0.3) is 17.3 Å². The molecule has 124 valence electrons. The average Bonchev–Trinajstić information content (AvgIpc) is 3.14. The zero-order chi connectivity index (χ0) is 17.1. The first kappa shape index (κ1) is 16.3. The monoisotopic (exact) mass is 345 g/mol. The number of carbonyl (C=O) groups excluding carboxylic acids is 1. The Balaban J connectivity index is 2.04. The van der Waals surface area contributed by atoms with Gasteiger partial charge in [0.2, 0.25) is 0 Å². The van der Waals surface area contributed by atoms with E-state index in [0.717, 1.165) is 11.4 Å². The van der Waals surface area contributed by atoms with Crippen LogP contribution in [0.15, 0.2) is 41.1 Å². The molecule has 0 aliphatic carbocycles. The number of esters is 1. The molecular formula is C17H16ClN3O3.